The third kappa shape index (κ3) is 2.15. The number of halogens is 2. The van der Waals surface area contributed by atoms with Crippen LogP contribution in [0.5, 0.6) is 0 Å². The molecular formula is C12H10BrFN2O2. The smallest absolute Gasteiger partial charge is 0.340 e. The number of esters is 1. The first-order chi connectivity index (χ1) is 8.54. The molecule has 0 atom stereocenters. The molecule has 2 aromatic rings. The first kappa shape index (κ1) is 12.8. The maximum atomic E-state index is 13.8. The lowest BCUT2D eigenvalue weighted by molar-refractivity contribution is 0.0595. The van der Waals surface area contributed by atoms with Gasteiger partial charge in [0.1, 0.15) is 5.82 Å². The lowest BCUT2D eigenvalue weighted by Crippen LogP contribution is -2.04. The molecule has 0 unspecified atom stereocenters. The SMILES string of the molecule is COC(=O)c1ccc(-c2c(Br)cnn2C)cc1F. The second kappa shape index (κ2) is 4.89. The molecule has 0 fully saturated rings. The van der Waals surface area contributed by atoms with Crippen molar-refractivity contribution in [2.75, 3.05) is 7.11 Å². The van der Waals surface area contributed by atoms with Crippen molar-refractivity contribution in [1.29, 1.82) is 0 Å². The fourth-order valence-corrected chi connectivity index (χ4v) is 2.25. The van der Waals surface area contributed by atoms with Gasteiger partial charge < -0.3 is 4.74 Å². The fraction of sp³-hybridized carbons (Fsp3) is 0.167. The summed E-state index contributed by atoms with van der Waals surface area (Å²) in [5, 5.41) is 4.05. The molecule has 0 saturated carbocycles. The van der Waals surface area contributed by atoms with E-state index in [2.05, 4.69) is 25.8 Å². The number of carbonyl (C=O) groups excluding carboxylic acids is 1. The number of aryl methyl sites for hydroxylation is 1. The third-order valence-corrected chi connectivity index (χ3v) is 3.12. The Morgan fingerprint density at radius 1 is 1.50 bits per heavy atom. The van der Waals surface area contributed by atoms with Crippen molar-refractivity contribution in [3.63, 3.8) is 0 Å². The van der Waals surface area contributed by atoms with Crippen LogP contribution in [0.3, 0.4) is 0 Å². The highest BCUT2D eigenvalue weighted by Crippen LogP contribution is 2.28. The minimum absolute atomic E-state index is 0.0838. The number of carbonyl (C=O) groups is 1. The van der Waals surface area contributed by atoms with Crippen LogP contribution in [0.1, 0.15) is 10.4 Å². The van der Waals surface area contributed by atoms with Crippen molar-refractivity contribution >= 4 is 21.9 Å². The van der Waals surface area contributed by atoms with Crippen LogP contribution in [0.15, 0.2) is 28.9 Å². The zero-order chi connectivity index (χ0) is 13.3. The van der Waals surface area contributed by atoms with Crippen molar-refractivity contribution in [1.82, 2.24) is 9.78 Å². The van der Waals surface area contributed by atoms with Crippen molar-refractivity contribution in [2.45, 2.75) is 0 Å². The van der Waals surface area contributed by atoms with Crippen LogP contribution in [0.25, 0.3) is 11.3 Å². The standard InChI is InChI=1S/C12H10BrFN2O2/c1-16-11(9(13)6-15-16)7-3-4-8(10(14)5-7)12(17)18-2/h3-6H,1-2H3. The van der Waals surface area contributed by atoms with Crippen LogP contribution < -0.4 is 0 Å². The molecule has 94 valence electrons. The second-order valence-corrected chi connectivity index (χ2v) is 4.51. The summed E-state index contributed by atoms with van der Waals surface area (Å²) >= 11 is 3.34. The van der Waals surface area contributed by atoms with Gasteiger partial charge in [-0.05, 0) is 28.1 Å². The van der Waals surface area contributed by atoms with Gasteiger partial charge in [0, 0.05) is 12.6 Å². The van der Waals surface area contributed by atoms with Crippen molar-refractivity contribution < 1.29 is 13.9 Å². The van der Waals surface area contributed by atoms with Crippen LogP contribution in [-0.4, -0.2) is 22.9 Å². The van der Waals surface area contributed by atoms with E-state index in [1.165, 1.54) is 19.2 Å². The second-order valence-electron chi connectivity index (χ2n) is 3.65. The van der Waals surface area contributed by atoms with Crippen LogP contribution >= 0.6 is 15.9 Å². The lowest BCUT2D eigenvalue weighted by Gasteiger charge is -2.06. The van der Waals surface area contributed by atoms with Crippen molar-refractivity contribution in [3.05, 3.63) is 40.2 Å². The van der Waals surface area contributed by atoms with E-state index in [4.69, 9.17) is 0 Å². The normalized spacial score (nSPS) is 10.4. The summed E-state index contributed by atoms with van der Waals surface area (Å²) in [6.07, 6.45) is 1.63. The summed E-state index contributed by atoms with van der Waals surface area (Å²) in [6, 6.07) is 4.33. The molecule has 0 radical (unpaired) electrons. The molecule has 0 aliphatic rings. The molecule has 0 aliphatic heterocycles. The summed E-state index contributed by atoms with van der Waals surface area (Å²) in [7, 11) is 2.97. The van der Waals surface area contributed by atoms with Gasteiger partial charge in [0.05, 0.1) is 29.0 Å². The number of nitrogens with zero attached hydrogens (tertiary/aromatic N) is 2. The molecule has 2 rings (SSSR count). The van der Waals surface area contributed by atoms with E-state index < -0.39 is 11.8 Å². The van der Waals surface area contributed by atoms with Gasteiger partial charge in [0.15, 0.2) is 0 Å². The third-order valence-electron chi connectivity index (χ3n) is 2.54. The van der Waals surface area contributed by atoms with Crippen molar-refractivity contribution in [3.8, 4) is 11.3 Å². The van der Waals surface area contributed by atoms with E-state index in [-0.39, 0.29) is 5.56 Å². The number of rotatable bonds is 2. The number of hydrogen-bond acceptors (Lipinski definition) is 3. The fourth-order valence-electron chi connectivity index (χ4n) is 1.67. The molecule has 0 N–H and O–H groups in total. The molecule has 1 aromatic carbocycles. The Morgan fingerprint density at radius 2 is 2.22 bits per heavy atom. The van der Waals surface area contributed by atoms with Gasteiger partial charge in [0.2, 0.25) is 0 Å². The van der Waals surface area contributed by atoms with Gasteiger partial charge in [-0.3, -0.25) is 4.68 Å². The zero-order valence-electron chi connectivity index (χ0n) is 9.78. The van der Waals surface area contributed by atoms with Gasteiger partial charge in [-0.25, -0.2) is 9.18 Å². The average Bonchev–Trinajstić information content (AvgIpc) is 2.68. The minimum Gasteiger partial charge on any atom is -0.465 e. The van der Waals surface area contributed by atoms with E-state index in [1.807, 2.05) is 0 Å². The van der Waals surface area contributed by atoms with E-state index in [0.29, 0.717) is 5.56 Å². The number of aromatic nitrogens is 2. The molecule has 0 saturated heterocycles. The summed E-state index contributed by atoms with van der Waals surface area (Å²) in [4.78, 5) is 11.3. The predicted octanol–water partition coefficient (Wildman–Crippen LogP) is 2.78. The first-order valence-corrected chi connectivity index (χ1v) is 5.89. The van der Waals surface area contributed by atoms with Crippen molar-refractivity contribution in [2.24, 2.45) is 7.05 Å². The van der Waals surface area contributed by atoms with E-state index in [1.54, 1.807) is 24.0 Å². The van der Waals surface area contributed by atoms with Gasteiger partial charge in [0.25, 0.3) is 0 Å². The summed E-state index contributed by atoms with van der Waals surface area (Å²) in [6.45, 7) is 0. The molecule has 1 aromatic heterocycles. The first-order valence-electron chi connectivity index (χ1n) is 5.10. The van der Waals surface area contributed by atoms with E-state index in [0.717, 1.165) is 10.2 Å². The van der Waals surface area contributed by atoms with E-state index in [9.17, 15) is 9.18 Å². The Balaban J connectivity index is 2.50. The topological polar surface area (TPSA) is 44.1 Å². The number of methoxy groups -OCH3 is 1. The maximum absolute atomic E-state index is 13.8. The Kier molecular flexibility index (Phi) is 3.47. The largest absolute Gasteiger partial charge is 0.465 e. The maximum Gasteiger partial charge on any atom is 0.340 e. The Labute approximate surface area is 111 Å². The molecule has 0 spiro atoms. The minimum atomic E-state index is -0.692. The number of hydrogen-bond donors (Lipinski definition) is 0. The molecule has 18 heavy (non-hydrogen) atoms. The summed E-state index contributed by atoms with van der Waals surface area (Å²) < 4.78 is 20.7. The zero-order valence-corrected chi connectivity index (χ0v) is 11.4. The monoisotopic (exact) mass is 312 g/mol. The van der Waals surface area contributed by atoms with Gasteiger partial charge in [-0.1, -0.05) is 6.07 Å². The number of benzene rings is 1. The molecular weight excluding hydrogens is 303 g/mol. The summed E-state index contributed by atoms with van der Waals surface area (Å²) in [5.41, 5.74) is 1.29. The summed E-state index contributed by atoms with van der Waals surface area (Å²) in [5.74, 6) is -1.31. The average molecular weight is 313 g/mol. The highest BCUT2D eigenvalue weighted by molar-refractivity contribution is 9.10. The molecule has 0 aliphatic carbocycles. The molecule has 6 heteroatoms. The van der Waals surface area contributed by atoms with E-state index >= 15 is 0 Å². The highest BCUT2D eigenvalue weighted by Gasteiger charge is 2.15. The molecule has 0 amide bonds. The Morgan fingerprint density at radius 3 is 2.72 bits per heavy atom. The molecule has 4 nitrogen and oxygen atoms in total. The number of ether oxygens (including phenoxy) is 1. The highest BCUT2D eigenvalue weighted by atomic mass is 79.9. The van der Waals surface area contributed by atoms with Crippen LogP contribution in [-0.2, 0) is 11.8 Å². The Bertz CT molecular complexity index is 591. The molecule has 0 bridgehead atoms. The lowest BCUT2D eigenvalue weighted by atomic mass is 10.1. The van der Waals surface area contributed by atoms with Gasteiger partial charge >= 0.3 is 5.97 Å². The van der Waals surface area contributed by atoms with Gasteiger partial charge in [-0.2, -0.15) is 5.10 Å². The quantitative estimate of drug-likeness (QED) is 0.801. The molecule has 1 heterocycles. The van der Waals surface area contributed by atoms with Crippen LogP contribution in [0, 0.1) is 5.82 Å². The van der Waals surface area contributed by atoms with Crippen LogP contribution in [0.2, 0.25) is 0 Å². The predicted molar refractivity (Wildman–Crippen MR) is 67.6 cm³/mol. The van der Waals surface area contributed by atoms with Gasteiger partial charge in [-0.15, -0.1) is 0 Å². The Hall–Kier alpha value is -1.69. The van der Waals surface area contributed by atoms with Crippen LogP contribution in [0.4, 0.5) is 4.39 Å².